The Morgan fingerprint density at radius 3 is 2.93 bits per heavy atom. The topological polar surface area (TPSA) is 30.5 Å². The summed E-state index contributed by atoms with van der Waals surface area (Å²) in [7, 11) is 1.68. The van der Waals surface area contributed by atoms with Crippen LogP contribution in [0.4, 0.5) is 0 Å². The Morgan fingerprint density at radius 1 is 1.40 bits per heavy atom. The van der Waals surface area contributed by atoms with Gasteiger partial charge in [0.15, 0.2) is 0 Å². The van der Waals surface area contributed by atoms with Crippen molar-refractivity contribution in [3.63, 3.8) is 0 Å². The molecule has 1 saturated heterocycles. The van der Waals surface area contributed by atoms with Crippen LogP contribution in [-0.4, -0.2) is 20.3 Å². The smallest absolute Gasteiger partial charge is 0.128 e. The summed E-state index contributed by atoms with van der Waals surface area (Å²) in [5, 5.41) is 3.53. The molecule has 2 heterocycles. The number of fused-ring (bicyclic) bond motifs is 2. The minimum atomic E-state index is 0.194. The number of ether oxygens (including phenoxy) is 2. The molecule has 80 valence electrons. The molecule has 3 heteroatoms. The monoisotopic (exact) mass is 205 g/mol. The van der Waals surface area contributed by atoms with Crippen molar-refractivity contribution < 1.29 is 9.47 Å². The highest BCUT2D eigenvalue weighted by atomic mass is 16.5. The summed E-state index contributed by atoms with van der Waals surface area (Å²) in [6.45, 7) is 1.92. The van der Waals surface area contributed by atoms with Crippen LogP contribution in [0, 0.1) is 0 Å². The molecular weight excluding hydrogens is 190 g/mol. The van der Waals surface area contributed by atoms with Crippen LogP contribution in [0.1, 0.15) is 18.4 Å². The van der Waals surface area contributed by atoms with Gasteiger partial charge in [-0.1, -0.05) is 0 Å². The van der Waals surface area contributed by atoms with Crippen LogP contribution >= 0.6 is 0 Å². The Labute approximate surface area is 89.4 Å². The molecule has 0 unspecified atom stereocenters. The van der Waals surface area contributed by atoms with Gasteiger partial charge in [-0.05, 0) is 25.1 Å². The lowest BCUT2D eigenvalue weighted by Crippen LogP contribution is -2.56. The molecule has 15 heavy (non-hydrogen) atoms. The van der Waals surface area contributed by atoms with E-state index in [4.69, 9.17) is 9.47 Å². The van der Waals surface area contributed by atoms with Crippen LogP contribution in [0.2, 0.25) is 0 Å². The fraction of sp³-hybridized carbons (Fsp3) is 0.500. The van der Waals surface area contributed by atoms with Crippen molar-refractivity contribution in [2.24, 2.45) is 0 Å². The van der Waals surface area contributed by atoms with E-state index < -0.39 is 0 Å². The number of hydrogen-bond donors (Lipinski definition) is 1. The lowest BCUT2D eigenvalue weighted by atomic mass is 9.77. The molecule has 1 aromatic rings. The van der Waals surface area contributed by atoms with Gasteiger partial charge in [0.1, 0.15) is 11.5 Å². The zero-order valence-electron chi connectivity index (χ0n) is 8.88. The highest BCUT2D eigenvalue weighted by molar-refractivity contribution is 5.47. The zero-order chi connectivity index (χ0) is 10.3. The lowest BCUT2D eigenvalue weighted by molar-refractivity contribution is 0.122. The average molecular weight is 205 g/mol. The van der Waals surface area contributed by atoms with Gasteiger partial charge in [0, 0.05) is 18.1 Å². The van der Waals surface area contributed by atoms with Gasteiger partial charge in [-0.25, -0.2) is 0 Å². The van der Waals surface area contributed by atoms with E-state index in [1.807, 2.05) is 12.1 Å². The second-order valence-corrected chi connectivity index (χ2v) is 4.22. The number of hydrogen-bond acceptors (Lipinski definition) is 3. The Kier molecular flexibility index (Phi) is 1.89. The number of methoxy groups -OCH3 is 1. The molecule has 1 aromatic carbocycles. The summed E-state index contributed by atoms with van der Waals surface area (Å²) in [5.74, 6) is 1.85. The summed E-state index contributed by atoms with van der Waals surface area (Å²) < 4.78 is 10.9. The largest absolute Gasteiger partial charge is 0.497 e. The first-order chi connectivity index (χ1) is 7.34. The van der Waals surface area contributed by atoms with Gasteiger partial charge >= 0.3 is 0 Å². The molecule has 1 atom stereocenters. The van der Waals surface area contributed by atoms with Gasteiger partial charge in [0.05, 0.1) is 19.3 Å². The van der Waals surface area contributed by atoms with E-state index in [1.165, 1.54) is 12.0 Å². The highest BCUT2D eigenvalue weighted by Gasteiger charge is 2.42. The first-order valence-electron chi connectivity index (χ1n) is 5.40. The van der Waals surface area contributed by atoms with Crippen LogP contribution in [0.3, 0.4) is 0 Å². The lowest BCUT2D eigenvalue weighted by Gasteiger charge is -2.46. The molecule has 0 aliphatic carbocycles. The van der Waals surface area contributed by atoms with E-state index in [0.717, 1.165) is 31.1 Å². The Morgan fingerprint density at radius 2 is 2.27 bits per heavy atom. The van der Waals surface area contributed by atoms with E-state index >= 15 is 0 Å². The second kappa shape index (κ2) is 3.14. The minimum Gasteiger partial charge on any atom is -0.497 e. The maximum absolute atomic E-state index is 5.68. The predicted molar refractivity (Wildman–Crippen MR) is 57.4 cm³/mol. The van der Waals surface area contributed by atoms with Crippen LogP contribution in [0.5, 0.6) is 11.5 Å². The molecule has 0 radical (unpaired) electrons. The quantitative estimate of drug-likeness (QED) is 0.756. The van der Waals surface area contributed by atoms with Crippen molar-refractivity contribution in [3.8, 4) is 11.5 Å². The van der Waals surface area contributed by atoms with Crippen molar-refractivity contribution in [1.82, 2.24) is 5.32 Å². The minimum absolute atomic E-state index is 0.194. The van der Waals surface area contributed by atoms with E-state index in [2.05, 4.69) is 11.4 Å². The van der Waals surface area contributed by atoms with Crippen LogP contribution in [0.15, 0.2) is 18.2 Å². The molecule has 1 spiro atoms. The van der Waals surface area contributed by atoms with Crippen molar-refractivity contribution in [1.29, 1.82) is 0 Å². The zero-order valence-corrected chi connectivity index (χ0v) is 8.88. The van der Waals surface area contributed by atoms with E-state index in [0.29, 0.717) is 0 Å². The molecule has 2 aliphatic heterocycles. The van der Waals surface area contributed by atoms with Crippen LogP contribution in [0.25, 0.3) is 0 Å². The van der Waals surface area contributed by atoms with Crippen LogP contribution < -0.4 is 14.8 Å². The molecule has 3 nitrogen and oxygen atoms in total. The van der Waals surface area contributed by atoms with Crippen molar-refractivity contribution in [3.05, 3.63) is 23.8 Å². The number of rotatable bonds is 1. The summed E-state index contributed by atoms with van der Waals surface area (Å²) in [6, 6.07) is 6.12. The second-order valence-electron chi connectivity index (χ2n) is 4.22. The van der Waals surface area contributed by atoms with E-state index in [1.54, 1.807) is 7.11 Å². The molecule has 1 fully saturated rings. The molecule has 0 saturated carbocycles. The highest BCUT2D eigenvalue weighted by Crippen LogP contribution is 2.44. The van der Waals surface area contributed by atoms with Crippen molar-refractivity contribution in [2.45, 2.75) is 18.4 Å². The molecule has 0 amide bonds. The van der Waals surface area contributed by atoms with Crippen molar-refractivity contribution in [2.75, 3.05) is 20.3 Å². The Bertz CT molecular complexity index is 385. The third kappa shape index (κ3) is 1.23. The fourth-order valence-electron chi connectivity index (χ4n) is 2.48. The van der Waals surface area contributed by atoms with Gasteiger partial charge in [0.25, 0.3) is 0 Å². The van der Waals surface area contributed by atoms with Gasteiger partial charge < -0.3 is 14.8 Å². The molecule has 1 N–H and O–H groups in total. The number of benzene rings is 1. The molecule has 0 aromatic heterocycles. The summed E-state index contributed by atoms with van der Waals surface area (Å²) >= 11 is 0. The number of nitrogens with one attached hydrogen (secondary N) is 1. The normalized spacial score (nSPS) is 27.8. The van der Waals surface area contributed by atoms with Crippen molar-refractivity contribution >= 4 is 0 Å². The Balaban J connectivity index is 2.05. The van der Waals surface area contributed by atoms with Gasteiger partial charge in [-0.15, -0.1) is 0 Å². The maximum atomic E-state index is 5.68. The van der Waals surface area contributed by atoms with E-state index in [9.17, 15) is 0 Å². The predicted octanol–water partition coefficient (Wildman–Crippen LogP) is 1.67. The first kappa shape index (κ1) is 9.04. The molecule has 2 aliphatic rings. The van der Waals surface area contributed by atoms with Crippen LogP contribution in [-0.2, 0) is 5.54 Å². The third-order valence-electron chi connectivity index (χ3n) is 3.51. The Hall–Kier alpha value is -1.22. The van der Waals surface area contributed by atoms with Gasteiger partial charge in [-0.3, -0.25) is 0 Å². The fourth-order valence-corrected chi connectivity index (χ4v) is 2.48. The SMILES string of the molecule is COc1ccc2c(c1)OCC[C@@]21CCN1. The van der Waals surface area contributed by atoms with Gasteiger partial charge in [-0.2, -0.15) is 0 Å². The first-order valence-corrected chi connectivity index (χ1v) is 5.40. The maximum Gasteiger partial charge on any atom is 0.128 e. The third-order valence-corrected chi connectivity index (χ3v) is 3.51. The molecule has 3 rings (SSSR count). The average Bonchev–Trinajstić information content (AvgIpc) is 2.25. The molecular formula is C12H15NO2. The summed E-state index contributed by atoms with van der Waals surface area (Å²) in [6.07, 6.45) is 2.29. The summed E-state index contributed by atoms with van der Waals surface area (Å²) in [4.78, 5) is 0. The summed E-state index contributed by atoms with van der Waals surface area (Å²) in [5.41, 5.74) is 1.49. The standard InChI is InChI=1S/C12H15NO2/c1-14-9-2-3-10-11(8-9)15-7-5-12(10)4-6-13-12/h2-3,8,13H,4-7H2,1H3/t12-/m0/s1. The van der Waals surface area contributed by atoms with E-state index in [-0.39, 0.29) is 5.54 Å². The van der Waals surface area contributed by atoms with Gasteiger partial charge in [0.2, 0.25) is 0 Å². The molecule has 0 bridgehead atoms.